The molecule has 0 saturated carbocycles. The van der Waals surface area contributed by atoms with Crippen molar-refractivity contribution >= 4 is 0 Å². The topological polar surface area (TPSA) is 23.5 Å². The molecule has 0 aromatic heterocycles. The lowest BCUT2D eigenvalue weighted by atomic mass is 9.77. The van der Waals surface area contributed by atoms with E-state index in [0.717, 1.165) is 19.4 Å². The summed E-state index contributed by atoms with van der Waals surface area (Å²) in [5, 5.41) is 9.99. The summed E-state index contributed by atoms with van der Waals surface area (Å²) in [6.45, 7) is 1.07. The van der Waals surface area contributed by atoms with Crippen LogP contribution in [0, 0.1) is 0 Å². The molecular weight excluding hydrogens is 234 g/mol. The van der Waals surface area contributed by atoms with E-state index in [4.69, 9.17) is 0 Å². The average molecular weight is 251 g/mol. The van der Waals surface area contributed by atoms with Crippen LogP contribution >= 0.6 is 0 Å². The Kier molecular flexibility index (Phi) is 2.24. The molecule has 1 aliphatic heterocycles. The Morgan fingerprint density at radius 1 is 1.11 bits per heavy atom. The van der Waals surface area contributed by atoms with Gasteiger partial charge in [-0.25, -0.2) is 0 Å². The number of phenolic OH excluding ortho intramolecular Hbond substituents is 1. The quantitative estimate of drug-likeness (QED) is 0.777. The van der Waals surface area contributed by atoms with E-state index < -0.39 is 0 Å². The lowest BCUT2D eigenvalue weighted by Gasteiger charge is -2.39. The summed E-state index contributed by atoms with van der Waals surface area (Å²) < 4.78 is 0. The third kappa shape index (κ3) is 1.53. The van der Waals surface area contributed by atoms with Crippen molar-refractivity contribution < 1.29 is 5.11 Å². The second-order valence-corrected chi connectivity index (χ2v) is 5.67. The Bertz CT molecular complexity index is 662. The summed E-state index contributed by atoms with van der Waals surface area (Å²) >= 11 is 0. The van der Waals surface area contributed by atoms with Crippen molar-refractivity contribution in [1.82, 2.24) is 4.90 Å². The van der Waals surface area contributed by atoms with E-state index in [1.165, 1.54) is 27.8 Å². The number of rotatable bonds is 0. The van der Waals surface area contributed by atoms with E-state index in [9.17, 15) is 5.11 Å². The predicted molar refractivity (Wildman–Crippen MR) is 76.3 cm³/mol. The molecule has 1 N–H and O–H groups in total. The third-order valence-corrected chi connectivity index (χ3v) is 4.57. The van der Waals surface area contributed by atoms with Crippen LogP contribution in [0.5, 0.6) is 5.75 Å². The smallest absolute Gasteiger partial charge is 0.116 e. The van der Waals surface area contributed by atoms with Crippen molar-refractivity contribution in [3.05, 3.63) is 53.1 Å². The molecule has 1 unspecified atom stereocenters. The van der Waals surface area contributed by atoms with Gasteiger partial charge in [-0.3, -0.25) is 4.90 Å². The molecule has 0 radical (unpaired) electrons. The summed E-state index contributed by atoms with van der Waals surface area (Å²) in [6.07, 6.45) is 2.11. The molecular formula is C17H17NO. The lowest BCUT2D eigenvalue weighted by molar-refractivity contribution is 0.228. The maximum Gasteiger partial charge on any atom is 0.116 e. The standard InChI is InChI=1S/C17H17NO/c1-18-7-6-12-8-13(19)10-15-14-5-3-2-4-11(14)9-16(18)17(12)15/h2-5,8,10,16,19H,6-7,9H2,1H3. The van der Waals surface area contributed by atoms with Crippen molar-refractivity contribution in [1.29, 1.82) is 0 Å². The van der Waals surface area contributed by atoms with Gasteiger partial charge < -0.3 is 5.11 Å². The first-order valence-corrected chi connectivity index (χ1v) is 6.88. The Morgan fingerprint density at radius 3 is 2.84 bits per heavy atom. The molecule has 0 bridgehead atoms. The van der Waals surface area contributed by atoms with Gasteiger partial charge >= 0.3 is 0 Å². The Balaban J connectivity index is 2.05. The Labute approximate surface area is 113 Å². The molecule has 4 rings (SSSR count). The number of fused-ring (bicyclic) bond motifs is 2. The van der Waals surface area contributed by atoms with E-state index in [2.05, 4.69) is 36.2 Å². The molecule has 2 aliphatic rings. The van der Waals surface area contributed by atoms with E-state index in [1.807, 2.05) is 12.1 Å². The molecule has 2 nitrogen and oxygen atoms in total. The van der Waals surface area contributed by atoms with Crippen LogP contribution in [-0.4, -0.2) is 23.6 Å². The normalized spacial score (nSPS) is 20.8. The number of phenols is 1. The highest BCUT2D eigenvalue weighted by molar-refractivity contribution is 5.76. The molecule has 2 aromatic carbocycles. The summed E-state index contributed by atoms with van der Waals surface area (Å²) in [7, 11) is 2.21. The zero-order valence-electron chi connectivity index (χ0n) is 11.1. The fraction of sp³-hybridized carbons (Fsp3) is 0.294. The maximum atomic E-state index is 9.99. The highest BCUT2D eigenvalue weighted by atomic mass is 16.3. The molecule has 96 valence electrons. The second-order valence-electron chi connectivity index (χ2n) is 5.67. The molecule has 2 aromatic rings. The average Bonchev–Trinajstić information content (AvgIpc) is 2.42. The van der Waals surface area contributed by atoms with Gasteiger partial charge in [0.15, 0.2) is 0 Å². The highest BCUT2D eigenvalue weighted by Gasteiger charge is 2.32. The first-order chi connectivity index (χ1) is 9.24. The number of likely N-dealkylation sites (N-methyl/N-ethyl adjacent to an activating group) is 1. The van der Waals surface area contributed by atoms with E-state index >= 15 is 0 Å². The van der Waals surface area contributed by atoms with Crippen molar-refractivity contribution in [3.8, 4) is 16.9 Å². The molecule has 1 heterocycles. The summed E-state index contributed by atoms with van der Waals surface area (Å²) in [6, 6.07) is 12.9. The second kappa shape index (κ2) is 3.84. The molecule has 1 aliphatic carbocycles. The third-order valence-electron chi connectivity index (χ3n) is 4.57. The van der Waals surface area contributed by atoms with E-state index in [1.54, 1.807) is 0 Å². The molecule has 0 amide bonds. The van der Waals surface area contributed by atoms with Crippen molar-refractivity contribution in [2.45, 2.75) is 18.9 Å². The molecule has 19 heavy (non-hydrogen) atoms. The number of hydrogen-bond donors (Lipinski definition) is 1. The van der Waals surface area contributed by atoms with Crippen LogP contribution in [0.25, 0.3) is 11.1 Å². The van der Waals surface area contributed by atoms with Crippen LogP contribution < -0.4 is 0 Å². The van der Waals surface area contributed by atoms with Crippen molar-refractivity contribution in [2.75, 3.05) is 13.6 Å². The lowest BCUT2D eigenvalue weighted by Crippen LogP contribution is -2.35. The van der Waals surface area contributed by atoms with Gasteiger partial charge in [-0.15, -0.1) is 0 Å². The van der Waals surface area contributed by atoms with Gasteiger partial charge in [-0.05, 0) is 59.8 Å². The van der Waals surface area contributed by atoms with Crippen LogP contribution in [-0.2, 0) is 12.8 Å². The van der Waals surface area contributed by atoms with Crippen LogP contribution in [0.2, 0.25) is 0 Å². The van der Waals surface area contributed by atoms with Gasteiger partial charge in [-0.1, -0.05) is 24.3 Å². The largest absolute Gasteiger partial charge is 0.508 e. The first-order valence-electron chi connectivity index (χ1n) is 6.88. The van der Waals surface area contributed by atoms with Gasteiger partial charge in [0.25, 0.3) is 0 Å². The number of nitrogens with zero attached hydrogens (tertiary/aromatic N) is 1. The minimum atomic E-state index is 0.397. The van der Waals surface area contributed by atoms with Crippen LogP contribution in [0.4, 0.5) is 0 Å². The predicted octanol–water partition coefficient (Wildman–Crippen LogP) is 3.14. The van der Waals surface area contributed by atoms with Gasteiger partial charge in [-0.2, -0.15) is 0 Å². The Hall–Kier alpha value is -1.80. The van der Waals surface area contributed by atoms with Crippen molar-refractivity contribution in [2.24, 2.45) is 0 Å². The monoisotopic (exact) mass is 251 g/mol. The summed E-state index contributed by atoms with van der Waals surface area (Å²) in [4.78, 5) is 2.44. The van der Waals surface area contributed by atoms with Gasteiger partial charge in [0.05, 0.1) is 0 Å². The minimum Gasteiger partial charge on any atom is -0.508 e. The van der Waals surface area contributed by atoms with Gasteiger partial charge in [0, 0.05) is 12.6 Å². The molecule has 0 fully saturated rings. The molecule has 1 atom stereocenters. The van der Waals surface area contributed by atoms with Crippen molar-refractivity contribution in [3.63, 3.8) is 0 Å². The Morgan fingerprint density at radius 2 is 1.95 bits per heavy atom. The van der Waals surface area contributed by atoms with Crippen LogP contribution in [0.3, 0.4) is 0 Å². The number of aromatic hydroxyl groups is 1. The maximum absolute atomic E-state index is 9.99. The van der Waals surface area contributed by atoms with E-state index in [0.29, 0.717) is 11.8 Å². The van der Waals surface area contributed by atoms with Gasteiger partial charge in [0.1, 0.15) is 5.75 Å². The number of benzene rings is 2. The fourth-order valence-electron chi connectivity index (χ4n) is 3.62. The molecule has 0 saturated heterocycles. The van der Waals surface area contributed by atoms with Gasteiger partial charge in [0.2, 0.25) is 0 Å². The SMILES string of the molecule is CN1CCc2cc(O)cc3c2C1Cc1ccccc1-3. The zero-order valence-corrected chi connectivity index (χ0v) is 11.1. The summed E-state index contributed by atoms with van der Waals surface area (Å²) in [5.41, 5.74) is 6.68. The number of hydrogen-bond acceptors (Lipinski definition) is 2. The molecule has 2 heteroatoms. The van der Waals surface area contributed by atoms with E-state index in [-0.39, 0.29) is 0 Å². The summed E-state index contributed by atoms with van der Waals surface area (Å²) in [5.74, 6) is 0.397. The van der Waals surface area contributed by atoms with Crippen LogP contribution in [0.1, 0.15) is 22.7 Å². The fourth-order valence-corrected chi connectivity index (χ4v) is 3.62. The minimum absolute atomic E-state index is 0.397. The first kappa shape index (κ1) is 11.1. The van der Waals surface area contributed by atoms with Crippen LogP contribution in [0.15, 0.2) is 36.4 Å². The molecule has 0 spiro atoms. The highest BCUT2D eigenvalue weighted by Crippen LogP contribution is 2.45. The zero-order chi connectivity index (χ0) is 13.0.